The first kappa shape index (κ1) is 28.0. The van der Waals surface area contributed by atoms with Gasteiger partial charge in [-0.25, -0.2) is 4.39 Å². The van der Waals surface area contributed by atoms with E-state index in [9.17, 15) is 9.18 Å². The summed E-state index contributed by atoms with van der Waals surface area (Å²) in [5, 5.41) is 0. The standard InChI is InChI=1S/C30H42FNO4/c1-4-5-6-7-8-12-28(33)36-29(26-10-9-11-27(34-2)30(26)35-3)24-18-21-32(22-19-24)20-17-23-13-15-25(31)16-14-23/h9-11,13-16,24,29H,4-8,12,17-22H2,1-3H3/t29-/m1/s1. The summed E-state index contributed by atoms with van der Waals surface area (Å²) in [6, 6.07) is 12.5. The van der Waals surface area contributed by atoms with E-state index in [4.69, 9.17) is 14.2 Å². The fourth-order valence-corrected chi connectivity index (χ4v) is 5.04. The molecule has 1 aliphatic heterocycles. The highest BCUT2D eigenvalue weighted by Crippen LogP contribution is 2.42. The van der Waals surface area contributed by atoms with E-state index >= 15 is 0 Å². The highest BCUT2D eigenvalue weighted by atomic mass is 19.1. The Balaban J connectivity index is 1.64. The second kappa shape index (κ2) is 14.8. The van der Waals surface area contributed by atoms with E-state index in [2.05, 4.69) is 11.8 Å². The Kier molecular flexibility index (Phi) is 11.5. The van der Waals surface area contributed by atoms with Gasteiger partial charge in [-0.1, -0.05) is 56.9 Å². The predicted molar refractivity (Wildman–Crippen MR) is 141 cm³/mol. The topological polar surface area (TPSA) is 48.0 Å². The van der Waals surface area contributed by atoms with Gasteiger partial charge >= 0.3 is 5.97 Å². The van der Waals surface area contributed by atoms with Crippen LogP contribution in [0.25, 0.3) is 0 Å². The molecule has 0 unspecified atom stereocenters. The van der Waals surface area contributed by atoms with Gasteiger partial charge < -0.3 is 19.1 Å². The average Bonchev–Trinajstić information content (AvgIpc) is 2.91. The van der Waals surface area contributed by atoms with Crippen LogP contribution in [0.1, 0.15) is 75.5 Å². The Morgan fingerprint density at radius 3 is 2.39 bits per heavy atom. The Morgan fingerprint density at radius 1 is 1.00 bits per heavy atom. The normalized spacial score (nSPS) is 15.4. The number of benzene rings is 2. The number of likely N-dealkylation sites (tertiary alicyclic amines) is 1. The molecule has 0 aromatic heterocycles. The third-order valence-corrected chi connectivity index (χ3v) is 7.17. The van der Waals surface area contributed by atoms with Gasteiger partial charge in [0.15, 0.2) is 11.5 Å². The van der Waals surface area contributed by atoms with Crippen LogP contribution in [0.3, 0.4) is 0 Å². The summed E-state index contributed by atoms with van der Waals surface area (Å²) in [6.45, 7) is 4.99. The molecule has 1 fully saturated rings. The monoisotopic (exact) mass is 499 g/mol. The van der Waals surface area contributed by atoms with Gasteiger partial charge in [-0.05, 0) is 62.5 Å². The molecular formula is C30H42FNO4. The van der Waals surface area contributed by atoms with Crippen LogP contribution in [0, 0.1) is 11.7 Å². The van der Waals surface area contributed by atoms with Crippen LogP contribution < -0.4 is 9.47 Å². The molecule has 2 aromatic rings. The molecule has 1 atom stereocenters. The maximum absolute atomic E-state index is 13.2. The van der Waals surface area contributed by atoms with Crippen molar-refractivity contribution in [2.75, 3.05) is 33.9 Å². The van der Waals surface area contributed by atoms with Gasteiger partial charge in [-0.2, -0.15) is 0 Å². The fourth-order valence-electron chi connectivity index (χ4n) is 5.04. The molecule has 0 radical (unpaired) electrons. The summed E-state index contributed by atoms with van der Waals surface area (Å²) >= 11 is 0. The van der Waals surface area contributed by atoms with E-state index in [1.165, 1.54) is 25.0 Å². The van der Waals surface area contributed by atoms with E-state index in [1.807, 2.05) is 30.3 Å². The van der Waals surface area contributed by atoms with E-state index in [0.717, 1.165) is 69.3 Å². The van der Waals surface area contributed by atoms with Gasteiger partial charge in [0.1, 0.15) is 11.9 Å². The second-order valence-electron chi connectivity index (χ2n) is 9.71. The van der Waals surface area contributed by atoms with Crippen molar-refractivity contribution in [1.82, 2.24) is 4.90 Å². The molecule has 5 nitrogen and oxygen atoms in total. The summed E-state index contributed by atoms with van der Waals surface area (Å²) in [4.78, 5) is 15.3. The van der Waals surface area contributed by atoms with E-state index < -0.39 is 0 Å². The number of ether oxygens (including phenoxy) is 3. The third kappa shape index (κ3) is 8.22. The minimum atomic E-state index is -0.363. The predicted octanol–water partition coefficient (Wildman–Crippen LogP) is 6.74. The first-order chi connectivity index (χ1) is 17.5. The first-order valence-corrected chi connectivity index (χ1v) is 13.4. The lowest BCUT2D eigenvalue weighted by Gasteiger charge is -2.36. The zero-order valence-electron chi connectivity index (χ0n) is 22.1. The number of rotatable bonds is 14. The molecule has 0 saturated carbocycles. The molecule has 1 heterocycles. The van der Waals surface area contributed by atoms with Crippen LogP contribution >= 0.6 is 0 Å². The molecule has 36 heavy (non-hydrogen) atoms. The molecule has 0 amide bonds. The lowest BCUT2D eigenvalue weighted by molar-refractivity contribution is -0.153. The Morgan fingerprint density at radius 2 is 1.72 bits per heavy atom. The highest BCUT2D eigenvalue weighted by molar-refractivity contribution is 5.70. The molecule has 2 aromatic carbocycles. The number of carbonyl (C=O) groups is 1. The van der Waals surface area contributed by atoms with Crippen LogP contribution in [-0.4, -0.2) is 44.7 Å². The summed E-state index contributed by atoms with van der Waals surface area (Å²) < 4.78 is 30.6. The zero-order valence-corrected chi connectivity index (χ0v) is 22.1. The van der Waals surface area contributed by atoms with Crippen molar-refractivity contribution in [2.24, 2.45) is 5.92 Å². The van der Waals surface area contributed by atoms with Crippen LogP contribution in [0.4, 0.5) is 4.39 Å². The van der Waals surface area contributed by atoms with Gasteiger partial charge in [-0.3, -0.25) is 4.79 Å². The van der Waals surface area contributed by atoms with Gasteiger partial charge in [0.05, 0.1) is 14.2 Å². The number of piperidine rings is 1. The quantitative estimate of drug-likeness (QED) is 0.213. The number of halogens is 1. The van der Waals surface area contributed by atoms with Crippen molar-refractivity contribution < 1.29 is 23.4 Å². The summed E-state index contributed by atoms with van der Waals surface area (Å²) in [5.41, 5.74) is 2.02. The Labute approximate surface area is 215 Å². The molecule has 0 aliphatic carbocycles. The summed E-state index contributed by atoms with van der Waals surface area (Å²) in [5.74, 6) is 1.15. The van der Waals surface area contributed by atoms with Crippen LogP contribution in [0.2, 0.25) is 0 Å². The smallest absolute Gasteiger partial charge is 0.306 e. The molecule has 6 heteroatoms. The van der Waals surface area contributed by atoms with Gasteiger partial charge in [-0.15, -0.1) is 0 Å². The van der Waals surface area contributed by atoms with Crippen LogP contribution in [0.15, 0.2) is 42.5 Å². The van der Waals surface area contributed by atoms with E-state index in [-0.39, 0.29) is 23.8 Å². The molecule has 1 aliphatic rings. The summed E-state index contributed by atoms with van der Waals surface area (Å²) in [6.07, 6.45) is 8.31. The van der Waals surface area contributed by atoms with Crippen molar-refractivity contribution in [1.29, 1.82) is 0 Å². The highest BCUT2D eigenvalue weighted by Gasteiger charge is 2.33. The number of carbonyl (C=O) groups excluding carboxylic acids is 1. The molecule has 0 N–H and O–H groups in total. The maximum Gasteiger partial charge on any atom is 0.306 e. The minimum absolute atomic E-state index is 0.139. The number of nitrogens with zero attached hydrogens (tertiary/aromatic N) is 1. The Bertz CT molecular complexity index is 925. The van der Waals surface area contributed by atoms with Gasteiger partial charge in [0.25, 0.3) is 0 Å². The maximum atomic E-state index is 13.2. The van der Waals surface area contributed by atoms with Crippen molar-refractivity contribution in [3.63, 3.8) is 0 Å². The lowest BCUT2D eigenvalue weighted by atomic mass is 9.86. The number of para-hydroxylation sites is 1. The summed E-state index contributed by atoms with van der Waals surface area (Å²) in [7, 11) is 3.25. The lowest BCUT2D eigenvalue weighted by Crippen LogP contribution is -2.37. The van der Waals surface area contributed by atoms with E-state index in [1.54, 1.807) is 14.2 Å². The minimum Gasteiger partial charge on any atom is -0.493 e. The second-order valence-corrected chi connectivity index (χ2v) is 9.71. The molecular weight excluding hydrogens is 457 g/mol. The largest absolute Gasteiger partial charge is 0.493 e. The van der Waals surface area contributed by atoms with Crippen molar-refractivity contribution in [3.8, 4) is 11.5 Å². The van der Waals surface area contributed by atoms with Gasteiger partial charge in [0, 0.05) is 24.4 Å². The SMILES string of the molecule is CCCCCCCC(=O)O[C@@H](c1cccc(OC)c1OC)C1CCN(CCc2ccc(F)cc2)CC1. The van der Waals surface area contributed by atoms with Crippen LogP contribution in [-0.2, 0) is 16.0 Å². The molecule has 198 valence electrons. The first-order valence-electron chi connectivity index (χ1n) is 13.4. The number of esters is 1. The molecule has 3 rings (SSSR count). The van der Waals surface area contributed by atoms with Crippen molar-refractivity contribution in [3.05, 3.63) is 59.4 Å². The fraction of sp³-hybridized carbons (Fsp3) is 0.567. The third-order valence-electron chi connectivity index (χ3n) is 7.17. The number of unbranched alkanes of at least 4 members (excludes halogenated alkanes) is 4. The Hall–Kier alpha value is -2.60. The van der Waals surface area contributed by atoms with Gasteiger partial charge in [0.2, 0.25) is 0 Å². The van der Waals surface area contributed by atoms with Crippen molar-refractivity contribution >= 4 is 5.97 Å². The molecule has 1 saturated heterocycles. The van der Waals surface area contributed by atoms with Crippen LogP contribution in [0.5, 0.6) is 11.5 Å². The molecule has 0 spiro atoms. The number of methoxy groups -OCH3 is 2. The van der Waals surface area contributed by atoms with E-state index in [0.29, 0.717) is 17.9 Å². The number of hydrogen-bond donors (Lipinski definition) is 0. The molecule has 0 bridgehead atoms. The average molecular weight is 500 g/mol. The zero-order chi connectivity index (χ0) is 25.8. The number of hydrogen-bond acceptors (Lipinski definition) is 5. The van der Waals surface area contributed by atoms with Crippen molar-refractivity contribution in [2.45, 2.75) is 70.8 Å².